The van der Waals surface area contributed by atoms with Crippen molar-refractivity contribution in [2.75, 3.05) is 31.6 Å². The van der Waals surface area contributed by atoms with E-state index in [1.54, 1.807) is 4.68 Å². The highest BCUT2D eigenvalue weighted by Crippen LogP contribution is 2.21. The van der Waals surface area contributed by atoms with Crippen molar-refractivity contribution in [3.8, 4) is 11.4 Å². The molecule has 2 aromatic carbocycles. The molecule has 0 amide bonds. The zero-order valence-corrected chi connectivity index (χ0v) is 15.5. The number of aromatic nitrogens is 4. The maximum absolute atomic E-state index is 5.85. The molecule has 3 aromatic rings. The van der Waals surface area contributed by atoms with Gasteiger partial charge in [-0.05, 0) is 91.8 Å². The van der Waals surface area contributed by atoms with Gasteiger partial charge in [-0.25, -0.2) is 0 Å². The summed E-state index contributed by atoms with van der Waals surface area (Å²) < 4.78 is 7.56. The normalized spacial score (nSPS) is 14.4. The largest absolute Gasteiger partial charge is 0.492 e. The van der Waals surface area contributed by atoms with Crippen LogP contribution >= 0.6 is 0 Å². The number of nitrogens with zero attached hydrogens (tertiary/aromatic N) is 5. The number of anilines is 2. The molecular weight excluding hydrogens is 340 g/mol. The van der Waals surface area contributed by atoms with Gasteiger partial charge >= 0.3 is 0 Å². The van der Waals surface area contributed by atoms with Crippen molar-refractivity contribution in [1.82, 2.24) is 25.1 Å². The van der Waals surface area contributed by atoms with Gasteiger partial charge in [0.15, 0.2) is 5.82 Å². The van der Waals surface area contributed by atoms with E-state index < -0.39 is 0 Å². The van der Waals surface area contributed by atoms with Gasteiger partial charge in [-0.15, -0.1) is 5.10 Å². The molecule has 0 spiro atoms. The molecule has 0 radical (unpaired) electrons. The second-order valence-electron chi connectivity index (χ2n) is 6.73. The number of rotatable bonds is 7. The predicted molar refractivity (Wildman–Crippen MR) is 105 cm³/mol. The van der Waals surface area contributed by atoms with Gasteiger partial charge in [-0.2, -0.15) is 4.68 Å². The van der Waals surface area contributed by atoms with Gasteiger partial charge in [0.2, 0.25) is 0 Å². The number of likely N-dealkylation sites (tertiary alicyclic amines) is 1. The molecule has 0 saturated carbocycles. The number of benzene rings is 2. The molecule has 0 aliphatic carbocycles. The molecule has 1 N–H and O–H groups in total. The molecule has 4 rings (SSSR count). The fourth-order valence-corrected chi connectivity index (χ4v) is 3.26. The summed E-state index contributed by atoms with van der Waals surface area (Å²) in [6.45, 7) is 6.04. The van der Waals surface area contributed by atoms with Crippen LogP contribution in [0.2, 0.25) is 0 Å². The zero-order chi connectivity index (χ0) is 18.5. The SMILES string of the molecule is Cc1nnnn1-c1ccc(Nc2ccc(OCCN3CCCC3)cc2)cc1. The summed E-state index contributed by atoms with van der Waals surface area (Å²) in [4.78, 5) is 2.45. The van der Waals surface area contributed by atoms with Crippen LogP contribution in [0.15, 0.2) is 48.5 Å². The summed E-state index contributed by atoms with van der Waals surface area (Å²) >= 11 is 0. The number of aryl methyl sites for hydroxylation is 1. The van der Waals surface area contributed by atoms with Crippen LogP contribution in [-0.4, -0.2) is 51.3 Å². The van der Waals surface area contributed by atoms with Crippen molar-refractivity contribution in [1.29, 1.82) is 0 Å². The summed E-state index contributed by atoms with van der Waals surface area (Å²) in [5.74, 6) is 1.67. The Balaban J connectivity index is 1.30. The highest BCUT2D eigenvalue weighted by atomic mass is 16.5. The molecule has 1 aromatic heterocycles. The Morgan fingerprint density at radius 2 is 1.63 bits per heavy atom. The Hall–Kier alpha value is -2.93. The van der Waals surface area contributed by atoms with Crippen molar-refractivity contribution < 1.29 is 4.74 Å². The van der Waals surface area contributed by atoms with Gasteiger partial charge in [0, 0.05) is 17.9 Å². The highest BCUT2D eigenvalue weighted by Gasteiger charge is 2.10. The van der Waals surface area contributed by atoms with Gasteiger partial charge in [0.1, 0.15) is 12.4 Å². The third kappa shape index (κ3) is 4.43. The predicted octanol–water partition coefficient (Wildman–Crippen LogP) is 3.19. The number of hydrogen-bond acceptors (Lipinski definition) is 6. The van der Waals surface area contributed by atoms with Crippen LogP contribution in [0, 0.1) is 6.92 Å². The first-order valence-corrected chi connectivity index (χ1v) is 9.36. The standard InChI is InChI=1S/C20H24N6O/c1-16-22-23-24-26(16)19-8-4-17(5-9-19)21-18-6-10-20(11-7-18)27-15-14-25-12-2-3-13-25/h4-11,21H,2-3,12-15H2,1H3. The lowest BCUT2D eigenvalue weighted by atomic mass is 10.2. The van der Waals surface area contributed by atoms with Gasteiger partial charge in [-0.1, -0.05) is 0 Å². The summed E-state index contributed by atoms with van der Waals surface area (Å²) in [7, 11) is 0. The second-order valence-corrected chi connectivity index (χ2v) is 6.73. The van der Waals surface area contributed by atoms with E-state index in [0.29, 0.717) is 0 Å². The van der Waals surface area contributed by atoms with E-state index in [4.69, 9.17) is 4.74 Å². The number of ether oxygens (including phenoxy) is 1. The quantitative estimate of drug-likeness (QED) is 0.694. The Morgan fingerprint density at radius 3 is 2.26 bits per heavy atom. The molecule has 0 atom stereocenters. The summed E-state index contributed by atoms with van der Waals surface area (Å²) in [5.41, 5.74) is 2.96. The van der Waals surface area contributed by atoms with Crippen molar-refractivity contribution >= 4 is 11.4 Å². The maximum Gasteiger partial charge on any atom is 0.153 e. The zero-order valence-electron chi connectivity index (χ0n) is 15.5. The Labute approximate surface area is 159 Å². The van der Waals surface area contributed by atoms with E-state index >= 15 is 0 Å². The fourth-order valence-electron chi connectivity index (χ4n) is 3.26. The first-order chi connectivity index (χ1) is 13.3. The molecule has 1 saturated heterocycles. The number of nitrogens with one attached hydrogen (secondary N) is 1. The van der Waals surface area contributed by atoms with Gasteiger partial charge in [-0.3, -0.25) is 4.90 Å². The molecule has 1 fully saturated rings. The van der Waals surface area contributed by atoms with Crippen LogP contribution in [-0.2, 0) is 0 Å². The molecule has 0 bridgehead atoms. The summed E-state index contributed by atoms with van der Waals surface area (Å²) in [6, 6.07) is 16.1. The minimum Gasteiger partial charge on any atom is -0.492 e. The topological polar surface area (TPSA) is 68.1 Å². The van der Waals surface area contributed by atoms with Crippen molar-refractivity contribution in [3.63, 3.8) is 0 Å². The van der Waals surface area contributed by atoms with Crippen LogP contribution in [0.5, 0.6) is 5.75 Å². The van der Waals surface area contributed by atoms with Crippen LogP contribution in [0.25, 0.3) is 5.69 Å². The highest BCUT2D eigenvalue weighted by molar-refractivity contribution is 5.61. The maximum atomic E-state index is 5.85. The van der Waals surface area contributed by atoms with E-state index in [1.807, 2.05) is 55.5 Å². The third-order valence-corrected chi connectivity index (χ3v) is 4.76. The van der Waals surface area contributed by atoms with E-state index in [9.17, 15) is 0 Å². The molecule has 7 heteroatoms. The minimum atomic E-state index is 0.741. The number of tetrazole rings is 1. The van der Waals surface area contributed by atoms with Crippen LogP contribution in [0.4, 0.5) is 11.4 Å². The van der Waals surface area contributed by atoms with E-state index in [1.165, 1.54) is 25.9 Å². The Kier molecular flexibility index (Phi) is 5.29. The van der Waals surface area contributed by atoms with Gasteiger partial charge < -0.3 is 10.1 Å². The van der Waals surface area contributed by atoms with Gasteiger partial charge in [0.25, 0.3) is 0 Å². The second kappa shape index (κ2) is 8.18. The lowest BCUT2D eigenvalue weighted by Crippen LogP contribution is -2.25. The molecule has 1 aliphatic heterocycles. The third-order valence-electron chi connectivity index (χ3n) is 4.76. The van der Waals surface area contributed by atoms with Crippen LogP contribution in [0.3, 0.4) is 0 Å². The van der Waals surface area contributed by atoms with E-state index in [0.717, 1.165) is 41.8 Å². The molecule has 2 heterocycles. The summed E-state index contributed by atoms with van der Waals surface area (Å²) in [6.07, 6.45) is 2.63. The molecule has 7 nitrogen and oxygen atoms in total. The first-order valence-electron chi connectivity index (χ1n) is 9.36. The molecule has 0 unspecified atom stereocenters. The molecule has 27 heavy (non-hydrogen) atoms. The number of hydrogen-bond donors (Lipinski definition) is 1. The summed E-state index contributed by atoms with van der Waals surface area (Å²) in [5, 5.41) is 15.0. The first kappa shape index (κ1) is 17.5. The average molecular weight is 364 g/mol. The smallest absolute Gasteiger partial charge is 0.153 e. The van der Waals surface area contributed by atoms with Crippen molar-refractivity contribution in [3.05, 3.63) is 54.4 Å². The Bertz CT molecular complexity index is 853. The minimum absolute atomic E-state index is 0.741. The van der Waals surface area contributed by atoms with E-state index in [2.05, 4.69) is 25.7 Å². The average Bonchev–Trinajstić information content (AvgIpc) is 3.36. The van der Waals surface area contributed by atoms with Crippen molar-refractivity contribution in [2.24, 2.45) is 0 Å². The van der Waals surface area contributed by atoms with Gasteiger partial charge in [0.05, 0.1) is 5.69 Å². The van der Waals surface area contributed by atoms with Crippen LogP contribution < -0.4 is 10.1 Å². The molecule has 1 aliphatic rings. The molecule has 140 valence electrons. The van der Waals surface area contributed by atoms with Crippen LogP contribution in [0.1, 0.15) is 18.7 Å². The van der Waals surface area contributed by atoms with E-state index in [-0.39, 0.29) is 0 Å². The fraction of sp³-hybridized carbons (Fsp3) is 0.350. The lowest BCUT2D eigenvalue weighted by molar-refractivity contribution is 0.238. The molecular formula is C20H24N6O. The lowest BCUT2D eigenvalue weighted by Gasteiger charge is -2.15. The Morgan fingerprint density at radius 1 is 0.963 bits per heavy atom. The monoisotopic (exact) mass is 364 g/mol. The van der Waals surface area contributed by atoms with Crippen molar-refractivity contribution in [2.45, 2.75) is 19.8 Å².